The summed E-state index contributed by atoms with van der Waals surface area (Å²) >= 11 is 3.35. The largest absolute Gasteiger partial charge is 0.496 e. The van der Waals surface area contributed by atoms with E-state index in [4.69, 9.17) is 4.74 Å². The molecule has 0 saturated carbocycles. The minimum atomic E-state index is -0.0603. The van der Waals surface area contributed by atoms with Crippen LogP contribution in [0.1, 0.15) is 10.4 Å². The van der Waals surface area contributed by atoms with Gasteiger partial charge in [0.2, 0.25) is 6.41 Å². The van der Waals surface area contributed by atoms with E-state index in [1.807, 2.05) is 6.07 Å². The first-order valence-electron chi connectivity index (χ1n) is 5.98. The fourth-order valence-electron chi connectivity index (χ4n) is 2.04. The Kier molecular flexibility index (Phi) is 4.42. The van der Waals surface area contributed by atoms with Crippen LogP contribution in [0.4, 0.5) is 0 Å². The number of hydrogen-bond acceptors (Lipinski definition) is 3. The predicted molar refractivity (Wildman–Crippen MR) is 74.2 cm³/mol. The van der Waals surface area contributed by atoms with E-state index in [0.717, 1.165) is 10.9 Å². The minimum absolute atomic E-state index is 0.0603. The molecule has 2 rings (SSSR count). The van der Waals surface area contributed by atoms with Crippen LogP contribution in [0.3, 0.4) is 0 Å². The molecule has 1 heterocycles. The van der Waals surface area contributed by atoms with E-state index >= 15 is 0 Å². The summed E-state index contributed by atoms with van der Waals surface area (Å²) in [6.07, 6.45) is 0.821. The van der Waals surface area contributed by atoms with E-state index in [-0.39, 0.29) is 5.91 Å². The van der Waals surface area contributed by atoms with Crippen molar-refractivity contribution < 1.29 is 14.3 Å². The Bertz CT molecular complexity index is 485. The van der Waals surface area contributed by atoms with Gasteiger partial charge in [0, 0.05) is 30.7 Å². The molecule has 1 saturated heterocycles. The van der Waals surface area contributed by atoms with Gasteiger partial charge >= 0.3 is 0 Å². The van der Waals surface area contributed by atoms with E-state index in [2.05, 4.69) is 15.9 Å². The molecule has 1 aliphatic heterocycles. The molecule has 1 aromatic rings. The second kappa shape index (κ2) is 6.06. The standard InChI is InChI=1S/C13H15BrN2O3/c1-19-12-8-10(14)2-3-11(12)13(18)16-6-4-15(9-17)5-7-16/h2-3,8-9H,4-7H2,1H3. The van der Waals surface area contributed by atoms with Crippen LogP contribution in [0.2, 0.25) is 0 Å². The lowest BCUT2D eigenvalue weighted by molar-refractivity contribution is -0.119. The molecule has 0 aliphatic carbocycles. The summed E-state index contributed by atoms with van der Waals surface area (Å²) in [5, 5.41) is 0. The third-order valence-corrected chi connectivity index (χ3v) is 3.64. The van der Waals surface area contributed by atoms with E-state index in [9.17, 15) is 9.59 Å². The molecular formula is C13H15BrN2O3. The van der Waals surface area contributed by atoms with Crippen molar-refractivity contribution in [3.63, 3.8) is 0 Å². The molecular weight excluding hydrogens is 312 g/mol. The number of nitrogens with zero attached hydrogens (tertiary/aromatic N) is 2. The smallest absolute Gasteiger partial charge is 0.257 e. The topological polar surface area (TPSA) is 49.9 Å². The maximum atomic E-state index is 12.4. The van der Waals surface area contributed by atoms with Crippen LogP contribution in [-0.4, -0.2) is 55.4 Å². The first-order chi connectivity index (χ1) is 9.15. The summed E-state index contributed by atoms with van der Waals surface area (Å²) in [6.45, 7) is 2.26. The first-order valence-corrected chi connectivity index (χ1v) is 6.77. The van der Waals surface area contributed by atoms with Crippen molar-refractivity contribution >= 4 is 28.2 Å². The van der Waals surface area contributed by atoms with Crippen molar-refractivity contribution in [3.05, 3.63) is 28.2 Å². The van der Waals surface area contributed by atoms with Crippen LogP contribution in [-0.2, 0) is 4.79 Å². The number of methoxy groups -OCH3 is 1. The molecule has 5 nitrogen and oxygen atoms in total. The molecule has 2 amide bonds. The molecule has 0 N–H and O–H groups in total. The molecule has 0 radical (unpaired) electrons. The molecule has 0 aromatic heterocycles. The number of amides is 2. The highest BCUT2D eigenvalue weighted by atomic mass is 79.9. The second-order valence-corrected chi connectivity index (χ2v) is 5.19. The summed E-state index contributed by atoms with van der Waals surface area (Å²) in [5.41, 5.74) is 0.547. The van der Waals surface area contributed by atoms with E-state index < -0.39 is 0 Å². The van der Waals surface area contributed by atoms with Gasteiger partial charge in [-0.25, -0.2) is 0 Å². The zero-order valence-electron chi connectivity index (χ0n) is 10.6. The Morgan fingerprint density at radius 2 is 2.00 bits per heavy atom. The van der Waals surface area contributed by atoms with Crippen molar-refractivity contribution in [2.75, 3.05) is 33.3 Å². The van der Waals surface area contributed by atoms with Gasteiger partial charge in [0.05, 0.1) is 12.7 Å². The lowest BCUT2D eigenvalue weighted by atomic mass is 10.1. The first kappa shape index (κ1) is 13.9. The molecule has 1 aliphatic rings. The fraction of sp³-hybridized carbons (Fsp3) is 0.385. The number of rotatable bonds is 3. The summed E-state index contributed by atoms with van der Waals surface area (Å²) in [7, 11) is 1.54. The van der Waals surface area contributed by atoms with Gasteiger partial charge in [-0.3, -0.25) is 9.59 Å². The maximum absolute atomic E-state index is 12.4. The SMILES string of the molecule is COc1cc(Br)ccc1C(=O)N1CCN(C=O)CC1. The number of piperazine rings is 1. The number of carbonyl (C=O) groups excluding carboxylic acids is 2. The van der Waals surface area contributed by atoms with Crippen LogP contribution in [0, 0.1) is 0 Å². The van der Waals surface area contributed by atoms with Gasteiger partial charge in [0.25, 0.3) is 5.91 Å². The zero-order chi connectivity index (χ0) is 13.8. The van der Waals surface area contributed by atoms with Gasteiger partial charge < -0.3 is 14.5 Å². The van der Waals surface area contributed by atoms with Crippen molar-refractivity contribution in [1.82, 2.24) is 9.80 Å². The monoisotopic (exact) mass is 326 g/mol. The molecule has 1 aromatic carbocycles. The predicted octanol–water partition coefficient (Wildman–Crippen LogP) is 1.37. The van der Waals surface area contributed by atoms with E-state index in [1.165, 1.54) is 0 Å². The van der Waals surface area contributed by atoms with Gasteiger partial charge in [0.15, 0.2) is 0 Å². The van der Waals surface area contributed by atoms with Gasteiger partial charge in [-0.1, -0.05) is 15.9 Å². The van der Waals surface area contributed by atoms with Crippen LogP contribution < -0.4 is 4.74 Å². The normalized spacial score (nSPS) is 15.3. The summed E-state index contributed by atoms with van der Waals surface area (Å²) in [4.78, 5) is 26.5. The molecule has 0 bridgehead atoms. The van der Waals surface area contributed by atoms with Gasteiger partial charge in [-0.05, 0) is 18.2 Å². The van der Waals surface area contributed by atoms with E-state index in [0.29, 0.717) is 37.5 Å². The molecule has 19 heavy (non-hydrogen) atoms. The fourth-order valence-corrected chi connectivity index (χ4v) is 2.38. The Hall–Kier alpha value is -1.56. The Labute approximate surface area is 120 Å². The van der Waals surface area contributed by atoms with Crippen molar-refractivity contribution in [2.45, 2.75) is 0 Å². The van der Waals surface area contributed by atoms with E-state index in [1.54, 1.807) is 29.0 Å². The number of hydrogen-bond donors (Lipinski definition) is 0. The summed E-state index contributed by atoms with van der Waals surface area (Å²) in [6, 6.07) is 5.34. The zero-order valence-corrected chi connectivity index (χ0v) is 12.2. The highest BCUT2D eigenvalue weighted by Gasteiger charge is 2.23. The quantitative estimate of drug-likeness (QED) is 0.788. The molecule has 0 unspecified atom stereocenters. The van der Waals surface area contributed by atoms with Crippen molar-refractivity contribution in [2.24, 2.45) is 0 Å². The van der Waals surface area contributed by atoms with Crippen LogP contribution >= 0.6 is 15.9 Å². The van der Waals surface area contributed by atoms with Crippen LogP contribution in [0.25, 0.3) is 0 Å². The Morgan fingerprint density at radius 3 is 2.58 bits per heavy atom. The number of ether oxygens (including phenoxy) is 1. The van der Waals surface area contributed by atoms with Crippen molar-refractivity contribution in [3.8, 4) is 5.75 Å². The maximum Gasteiger partial charge on any atom is 0.257 e. The lowest BCUT2D eigenvalue weighted by Gasteiger charge is -2.32. The van der Waals surface area contributed by atoms with Gasteiger partial charge in [-0.15, -0.1) is 0 Å². The minimum Gasteiger partial charge on any atom is -0.496 e. The Morgan fingerprint density at radius 1 is 1.32 bits per heavy atom. The number of carbonyl (C=O) groups is 2. The third kappa shape index (κ3) is 3.07. The second-order valence-electron chi connectivity index (χ2n) is 4.28. The average Bonchev–Trinajstić information content (AvgIpc) is 2.46. The third-order valence-electron chi connectivity index (χ3n) is 3.14. The summed E-state index contributed by atoms with van der Waals surface area (Å²) < 4.78 is 6.10. The highest BCUT2D eigenvalue weighted by Crippen LogP contribution is 2.25. The number of halogens is 1. The highest BCUT2D eigenvalue weighted by molar-refractivity contribution is 9.10. The van der Waals surface area contributed by atoms with Crippen molar-refractivity contribution in [1.29, 1.82) is 0 Å². The molecule has 0 spiro atoms. The number of benzene rings is 1. The van der Waals surface area contributed by atoms with Crippen LogP contribution in [0.5, 0.6) is 5.75 Å². The molecule has 6 heteroatoms. The van der Waals surface area contributed by atoms with Gasteiger partial charge in [0.1, 0.15) is 5.75 Å². The summed E-state index contributed by atoms with van der Waals surface area (Å²) in [5.74, 6) is 0.493. The molecule has 0 atom stereocenters. The average molecular weight is 327 g/mol. The lowest BCUT2D eigenvalue weighted by Crippen LogP contribution is -2.48. The Balaban J connectivity index is 2.14. The van der Waals surface area contributed by atoms with Crippen LogP contribution in [0.15, 0.2) is 22.7 Å². The molecule has 1 fully saturated rings. The van der Waals surface area contributed by atoms with Gasteiger partial charge in [-0.2, -0.15) is 0 Å². The molecule has 102 valence electrons.